The maximum Gasteiger partial charge on any atom is 0.241 e. The van der Waals surface area contributed by atoms with Crippen LogP contribution in [0.15, 0.2) is 60.7 Å². The lowest BCUT2D eigenvalue weighted by atomic mass is 10.1. The Morgan fingerprint density at radius 1 is 1.04 bits per heavy atom. The van der Waals surface area contributed by atoms with E-state index >= 15 is 0 Å². The fourth-order valence-electron chi connectivity index (χ4n) is 3.01. The summed E-state index contributed by atoms with van der Waals surface area (Å²) in [7, 11) is 3.64. The average Bonchev–Trinajstić information content (AvgIpc) is 2.68. The monoisotopic (exact) mass is 362 g/mol. The Balaban J connectivity index is 1.66. The molecule has 0 spiro atoms. The van der Waals surface area contributed by atoms with Gasteiger partial charge in [0.1, 0.15) is 5.75 Å². The summed E-state index contributed by atoms with van der Waals surface area (Å²) in [6.07, 6.45) is 0. The Morgan fingerprint density at radius 3 is 2.41 bits per heavy atom. The van der Waals surface area contributed by atoms with Crippen molar-refractivity contribution in [2.45, 2.75) is 26.4 Å². The van der Waals surface area contributed by atoms with Gasteiger partial charge in [-0.15, -0.1) is 0 Å². The third-order valence-corrected chi connectivity index (χ3v) is 4.90. The van der Waals surface area contributed by atoms with Crippen molar-refractivity contribution < 1.29 is 9.53 Å². The van der Waals surface area contributed by atoms with E-state index in [-0.39, 0.29) is 11.9 Å². The van der Waals surface area contributed by atoms with Crippen LogP contribution in [0.3, 0.4) is 0 Å². The van der Waals surface area contributed by atoms with E-state index in [0.717, 1.165) is 16.8 Å². The van der Waals surface area contributed by atoms with Crippen LogP contribution in [-0.2, 0) is 11.3 Å². The molecule has 0 radical (unpaired) electrons. The highest BCUT2D eigenvalue weighted by atomic mass is 16.5. The van der Waals surface area contributed by atoms with Crippen LogP contribution < -0.4 is 10.1 Å². The van der Waals surface area contributed by atoms with Crippen LogP contribution in [0, 0.1) is 6.92 Å². The minimum absolute atomic E-state index is 0.00752. The number of hydrogen-bond acceptors (Lipinski definition) is 3. The van der Waals surface area contributed by atoms with Crippen LogP contribution in [0.1, 0.15) is 18.1 Å². The highest BCUT2D eigenvalue weighted by Crippen LogP contribution is 2.22. The van der Waals surface area contributed by atoms with E-state index in [1.165, 1.54) is 16.5 Å². The zero-order valence-corrected chi connectivity index (χ0v) is 16.3. The molecule has 27 heavy (non-hydrogen) atoms. The van der Waals surface area contributed by atoms with Gasteiger partial charge in [0.25, 0.3) is 0 Å². The zero-order valence-electron chi connectivity index (χ0n) is 16.3. The van der Waals surface area contributed by atoms with Crippen molar-refractivity contribution in [3.63, 3.8) is 0 Å². The summed E-state index contributed by atoms with van der Waals surface area (Å²) < 4.78 is 5.28. The number of ether oxygens (including phenoxy) is 1. The molecule has 140 valence electrons. The molecular formula is C23H26N2O2. The van der Waals surface area contributed by atoms with Gasteiger partial charge in [0.05, 0.1) is 13.2 Å². The van der Waals surface area contributed by atoms with Crippen molar-refractivity contribution in [2.24, 2.45) is 0 Å². The summed E-state index contributed by atoms with van der Waals surface area (Å²) in [5.74, 6) is 0.848. The number of likely N-dealkylation sites (N-methyl/N-ethyl adjacent to an activating group) is 1. The van der Waals surface area contributed by atoms with Crippen molar-refractivity contribution in [3.05, 3.63) is 71.8 Å². The molecule has 1 amide bonds. The molecule has 0 heterocycles. The van der Waals surface area contributed by atoms with Gasteiger partial charge in [-0.2, -0.15) is 0 Å². The minimum atomic E-state index is -0.238. The number of methoxy groups -OCH3 is 1. The Morgan fingerprint density at radius 2 is 1.70 bits per heavy atom. The largest absolute Gasteiger partial charge is 0.497 e. The van der Waals surface area contributed by atoms with Gasteiger partial charge in [-0.3, -0.25) is 9.69 Å². The standard InChI is InChI=1S/C23H26N2O2/c1-16-5-10-21(11-6-16)24-23(26)17(2)25(3)15-18-7-8-20-14-22(27-4)12-9-19(20)13-18/h5-14,17H,15H2,1-4H3,(H,24,26)/t17-/m0/s1. The fraction of sp³-hybridized carbons (Fsp3) is 0.261. The number of rotatable bonds is 6. The second-order valence-electron chi connectivity index (χ2n) is 6.99. The molecule has 3 aromatic carbocycles. The van der Waals surface area contributed by atoms with Gasteiger partial charge in [-0.1, -0.05) is 35.9 Å². The first kappa shape index (κ1) is 18.9. The van der Waals surface area contributed by atoms with E-state index in [2.05, 4.69) is 29.6 Å². The number of amides is 1. The Bertz CT molecular complexity index is 935. The van der Waals surface area contributed by atoms with Crippen molar-refractivity contribution in [2.75, 3.05) is 19.5 Å². The summed E-state index contributed by atoms with van der Waals surface area (Å²) in [5, 5.41) is 5.29. The summed E-state index contributed by atoms with van der Waals surface area (Å²) >= 11 is 0. The van der Waals surface area contributed by atoms with Crippen LogP contribution >= 0.6 is 0 Å². The molecule has 1 N–H and O–H groups in total. The number of nitrogens with one attached hydrogen (secondary N) is 1. The molecule has 4 heteroatoms. The lowest BCUT2D eigenvalue weighted by molar-refractivity contribution is -0.120. The molecule has 0 saturated carbocycles. The molecule has 0 aromatic heterocycles. The van der Waals surface area contributed by atoms with Crippen LogP contribution in [0.4, 0.5) is 5.69 Å². The van der Waals surface area contributed by atoms with Gasteiger partial charge in [-0.05, 0) is 67.6 Å². The number of benzene rings is 3. The van der Waals surface area contributed by atoms with Crippen molar-refractivity contribution in [1.82, 2.24) is 4.90 Å². The van der Waals surface area contributed by atoms with E-state index in [0.29, 0.717) is 6.54 Å². The summed E-state index contributed by atoms with van der Waals surface area (Å²) in [6.45, 7) is 4.65. The molecule has 0 aliphatic rings. The molecule has 0 fully saturated rings. The Kier molecular flexibility index (Phi) is 5.77. The zero-order chi connectivity index (χ0) is 19.4. The smallest absolute Gasteiger partial charge is 0.241 e. The fourth-order valence-corrected chi connectivity index (χ4v) is 3.01. The summed E-state index contributed by atoms with van der Waals surface area (Å²) in [6, 6.07) is 20.0. The topological polar surface area (TPSA) is 41.6 Å². The van der Waals surface area contributed by atoms with Crippen molar-refractivity contribution >= 4 is 22.4 Å². The molecule has 0 aliphatic heterocycles. The molecule has 1 atom stereocenters. The highest BCUT2D eigenvalue weighted by Gasteiger charge is 2.18. The Hall–Kier alpha value is -2.85. The summed E-state index contributed by atoms with van der Waals surface area (Å²) in [4.78, 5) is 14.6. The van der Waals surface area contributed by atoms with E-state index in [1.54, 1.807) is 7.11 Å². The first-order chi connectivity index (χ1) is 13.0. The number of fused-ring (bicyclic) bond motifs is 1. The second-order valence-corrected chi connectivity index (χ2v) is 6.99. The average molecular weight is 362 g/mol. The molecule has 0 bridgehead atoms. The van der Waals surface area contributed by atoms with Crippen LogP contribution in [-0.4, -0.2) is 31.0 Å². The molecule has 0 aliphatic carbocycles. The van der Waals surface area contributed by atoms with Crippen LogP contribution in [0.25, 0.3) is 10.8 Å². The number of carbonyl (C=O) groups is 1. The van der Waals surface area contributed by atoms with E-state index < -0.39 is 0 Å². The number of carbonyl (C=O) groups excluding carboxylic acids is 1. The van der Waals surface area contributed by atoms with Crippen molar-refractivity contribution in [3.8, 4) is 5.75 Å². The van der Waals surface area contributed by atoms with Gasteiger partial charge in [0.2, 0.25) is 5.91 Å². The van der Waals surface area contributed by atoms with E-state index in [1.807, 2.05) is 62.2 Å². The molecule has 3 rings (SSSR count). The predicted octanol–water partition coefficient (Wildman–Crippen LogP) is 4.62. The first-order valence-corrected chi connectivity index (χ1v) is 9.11. The third-order valence-electron chi connectivity index (χ3n) is 4.90. The first-order valence-electron chi connectivity index (χ1n) is 9.11. The summed E-state index contributed by atoms with van der Waals surface area (Å²) in [5.41, 5.74) is 3.17. The quantitative estimate of drug-likeness (QED) is 0.696. The maximum absolute atomic E-state index is 12.5. The van der Waals surface area contributed by atoms with Gasteiger partial charge in [0, 0.05) is 12.2 Å². The van der Waals surface area contributed by atoms with Crippen molar-refractivity contribution in [1.29, 1.82) is 0 Å². The van der Waals surface area contributed by atoms with Gasteiger partial charge in [-0.25, -0.2) is 0 Å². The number of anilines is 1. The third kappa shape index (κ3) is 4.66. The number of hydrogen-bond donors (Lipinski definition) is 1. The number of nitrogens with zero attached hydrogens (tertiary/aromatic N) is 1. The van der Waals surface area contributed by atoms with E-state index in [9.17, 15) is 4.79 Å². The molecule has 0 saturated heterocycles. The van der Waals surface area contributed by atoms with Gasteiger partial charge in [0.15, 0.2) is 0 Å². The normalized spacial score (nSPS) is 12.2. The van der Waals surface area contributed by atoms with E-state index in [4.69, 9.17) is 4.74 Å². The lowest BCUT2D eigenvalue weighted by Crippen LogP contribution is -2.39. The molecule has 3 aromatic rings. The highest BCUT2D eigenvalue weighted by molar-refractivity contribution is 5.94. The second kappa shape index (κ2) is 8.23. The van der Waals surface area contributed by atoms with Crippen LogP contribution in [0.5, 0.6) is 5.75 Å². The number of aryl methyl sites for hydroxylation is 1. The van der Waals surface area contributed by atoms with Gasteiger partial charge >= 0.3 is 0 Å². The Labute approximate surface area is 160 Å². The molecular weight excluding hydrogens is 336 g/mol. The lowest BCUT2D eigenvalue weighted by Gasteiger charge is -2.24. The molecule has 4 nitrogen and oxygen atoms in total. The molecule has 0 unspecified atom stereocenters. The van der Waals surface area contributed by atoms with Crippen LogP contribution in [0.2, 0.25) is 0 Å². The SMILES string of the molecule is COc1ccc2cc(CN(C)[C@@H](C)C(=O)Nc3ccc(C)cc3)ccc2c1. The minimum Gasteiger partial charge on any atom is -0.497 e. The van der Waals surface area contributed by atoms with Gasteiger partial charge < -0.3 is 10.1 Å². The maximum atomic E-state index is 12.5. The predicted molar refractivity (Wildman–Crippen MR) is 111 cm³/mol.